The Morgan fingerprint density at radius 1 is 1.00 bits per heavy atom. The lowest BCUT2D eigenvalue weighted by molar-refractivity contribution is 0.00578. The standard InChI is InChI=1S/C19H21BN2O7/c1-18(2)19(3,4)29-20(28-18)10-8-6-5-7-9(10)11-12(16(24)25)14(21)22-15(23)13(11)17(26)27/h5-8H,1-4H3,(H,24,25)(H,26,27)(H3,21,22,23). The molecule has 1 aliphatic rings. The maximum atomic E-state index is 12.3. The van der Waals surface area contributed by atoms with Gasteiger partial charge in [0.15, 0.2) is 0 Å². The van der Waals surface area contributed by atoms with Gasteiger partial charge in [0.2, 0.25) is 0 Å². The molecule has 0 aliphatic carbocycles. The molecule has 1 saturated heterocycles. The Hall–Kier alpha value is -3.11. The van der Waals surface area contributed by atoms with Crippen LogP contribution in [0.15, 0.2) is 29.1 Å². The van der Waals surface area contributed by atoms with Gasteiger partial charge in [0.05, 0.1) is 11.2 Å². The Morgan fingerprint density at radius 3 is 2.03 bits per heavy atom. The van der Waals surface area contributed by atoms with E-state index in [0.717, 1.165) is 0 Å². The highest BCUT2D eigenvalue weighted by Gasteiger charge is 2.52. The Bertz CT molecular complexity index is 1060. The molecule has 29 heavy (non-hydrogen) atoms. The zero-order valence-corrected chi connectivity index (χ0v) is 16.4. The lowest BCUT2D eigenvalue weighted by Crippen LogP contribution is -2.41. The van der Waals surface area contributed by atoms with E-state index in [2.05, 4.69) is 4.98 Å². The lowest BCUT2D eigenvalue weighted by atomic mass is 9.73. The van der Waals surface area contributed by atoms with Crippen LogP contribution >= 0.6 is 0 Å². The second-order valence-electron chi connectivity index (χ2n) is 7.78. The fraction of sp³-hybridized carbons (Fsp3) is 0.316. The van der Waals surface area contributed by atoms with Crippen molar-refractivity contribution in [2.75, 3.05) is 5.73 Å². The number of nitrogens with one attached hydrogen (secondary N) is 1. The minimum absolute atomic E-state index is 0.179. The summed E-state index contributed by atoms with van der Waals surface area (Å²) in [5, 5.41) is 19.3. The Morgan fingerprint density at radius 2 is 1.52 bits per heavy atom. The van der Waals surface area contributed by atoms with Crippen LogP contribution in [0, 0.1) is 0 Å². The van der Waals surface area contributed by atoms with Crippen molar-refractivity contribution in [1.82, 2.24) is 4.98 Å². The van der Waals surface area contributed by atoms with Gasteiger partial charge in [-0.05, 0) is 38.7 Å². The van der Waals surface area contributed by atoms with E-state index in [1.165, 1.54) is 6.07 Å². The maximum Gasteiger partial charge on any atom is 0.495 e. The minimum atomic E-state index is -1.58. The molecule has 5 N–H and O–H groups in total. The van der Waals surface area contributed by atoms with Gasteiger partial charge in [-0.15, -0.1) is 0 Å². The molecule has 0 radical (unpaired) electrons. The van der Waals surface area contributed by atoms with Gasteiger partial charge >= 0.3 is 19.1 Å². The normalized spacial score (nSPS) is 17.3. The van der Waals surface area contributed by atoms with Crippen molar-refractivity contribution in [3.63, 3.8) is 0 Å². The topological polar surface area (TPSA) is 152 Å². The molecule has 9 nitrogen and oxygen atoms in total. The van der Waals surface area contributed by atoms with Gasteiger partial charge in [-0.3, -0.25) is 4.79 Å². The number of carboxylic acid groups (broad SMARTS) is 2. The number of benzene rings is 1. The van der Waals surface area contributed by atoms with Crippen molar-refractivity contribution in [3.8, 4) is 11.1 Å². The van der Waals surface area contributed by atoms with Crippen molar-refractivity contribution in [3.05, 3.63) is 45.7 Å². The van der Waals surface area contributed by atoms with Crippen LogP contribution < -0.4 is 16.8 Å². The first kappa shape index (κ1) is 20.6. The fourth-order valence-corrected chi connectivity index (χ4v) is 3.22. The molecule has 2 aromatic rings. The summed E-state index contributed by atoms with van der Waals surface area (Å²) in [4.78, 5) is 38.1. The summed E-state index contributed by atoms with van der Waals surface area (Å²) in [5.74, 6) is -3.49. The predicted molar refractivity (Wildman–Crippen MR) is 107 cm³/mol. The summed E-state index contributed by atoms with van der Waals surface area (Å²) in [6.07, 6.45) is 0. The minimum Gasteiger partial charge on any atom is -0.478 e. The van der Waals surface area contributed by atoms with Gasteiger partial charge in [-0.2, -0.15) is 0 Å². The first-order valence-electron chi connectivity index (χ1n) is 8.84. The fourth-order valence-electron chi connectivity index (χ4n) is 3.22. The summed E-state index contributed by atoms with van der Waals surface area (Å²) in [6.45, 7) is 7.41. The number of carboxylic acids is 2. The van der Waals surface area contributed by atoms with Crippen LogP contribution in [0.5, 0.6) is 0 Å². The van der Waals surface area contributed by atoms with Gasteiger partial charge in [-0.25, -0.2) is 9.59 Å². The van der Waals surface area contributed by atoms with Gasteiger partial charge in [0, 0.05) is 5.56 Å². The maximum absolute atomic E-state index is 12.3. The highest BCUT2D eigenvalue weighted by molar-refractivity contribution is 6.64. The van der Waals surface area contributed by atoms with Crippen molar-refractivity contribution < 1.29 is 29.1 Å². The number of aromatic nitrogens is 1. The first-order valence-corrected chi connectivity index (χ1v) is 8.84. The number of carbonyl (C=O) groups is 2. The largest absolute Gasteiger partial charge is 0.495 e. The molecule has 0 bridgehead atoms. The molecule has 10 heteroatoms. The zero-order valence-electron chi connectivity index (χ0n) is 16.4. The molecule has 3 rings (SSSR count). The molecule has 0 unspecified atom stereocenters. The smallest absolute Gasteiger partial charge is 0.478 e. The third-order valence-corrected chi connectivity index (χ3v) is 5.41. The second kappa shape index (κ2) is 6.75. The number of H-pyrrole nitrogens is 1. The first-order chi connectivity index (χ1) is 13.4. The average molecular weight is 400 g/mol. The number of nitrogen functional groups attached to an aromatic ring is 1. The molecule has 1 aromatic heterocycles. The quantitative estimate of drug-likeness (QED) is 0.561. The number of pyridine rings is 1. The Balaban J connectivity index is 2.34. The lowest BCUT2D eigenvalue weighted by Gasteiger charge is -2.32. The highest BCUT2D eigenvalue weighted by Crippen LogP contribution is 2.38. The zero-order chi connectivity index (χ0) is 21.7. The molecule has 0 spiro atoms. The van der Waals surface area contributed by atoms with E-state index in [1.54, 1.807) is 18.2 Å². The van der Waals surface area contributed by atoms with E-state index in [-0.39, 0.29) is 11.1 Å². The van der Waals surface area contributed by atoms with E-state index < -0.39 is 52.8 Å². The molecular weight excluding hydrogens is 379 g/mol. The number of rotatable bonds is 4. The summed E-state index contributed by atoms with van der Waals surface area (Å²) in [5.41, 5.74) is 2.42. The molecule has 1 aromatic carbocycles. The molecule has 152 valence electrons. The van der Waals surface area contributed by atoms with Crippen LogP contribution in [0.1, 0.15) is 48.4 Å². The predicted octanol–water partition coefficient (Wildman–Crippen LogP) is 1.32. The van der Waals surface area contributed by atoms with Crippen molar-refractivity contribution in [2.24, 2.45) is 0 Å². The van der Waals surface area contributed by atoms with E-state index in [9.17, 15) is 24.6 Å². The number of aromatic carboxylic acids is 2. The molecule has 0 amide bonds. The summed E-state index contributed by atoms with van der Waals surface area (Å²) in [7, 11) is -0.903. The van der Waals surface area contributed by atoms with E-state index in [4.69, 9.17) is 15.0 Å². The van der Waals surface area contributed by atoms with Crippen LogP contribution in [-0.4, -0.2) is 45.5 Å². The van der Waals surface area contributed by atoms with E-state index >= 15 is 0 Å². The highest BCUT2D eigenvalue weighted by atomic mass is 16.7. The number of hydrogen-bond donors (Lipinski definition) is 4. The summed E-state index contributed by atoms with van der Waals surface area (Å²) >= 11 is 0. The van der Waals surface area contributed by atoms with Gasteiger partial charge < -0.3 is 30.2 Å². The Labute approximate surface area is 166 Å². The van der Waals surface area contributed by atoms with Crippen molar-refractivity contribution in [2.45, 2.75) is 38.9 Å². The van der Waals surface area contributed by atoms with Crippen LogP contribution in [0.4, 0.5) is 5.82 Å². The SMILES string of the molecule is CC1(C)OB(c2ccccc2-c2c(C(=O)O)c(N)[nH]c(=O)c2C(=O)O)OC1(C)C. The molecule has 0 atom stereocenters. The third kappa shape index (κ3) is 3.30. The average Bonchev–Trinajstić information content (AvgIpc) is 2.81. The van der Waals surface area contributed by atoms with Crippen molar-refractivity contribution in [1.29, 1.82) is 0 Å². The summed E-state index contributed by atoms with van der Waals surface area (Å²) < 4.78 is 12.1. The molecule has 1 aliphatic heterocycles. The van der Waals surface area contributed by atoms with Gasteiger partial charge in [0.1, 0.15) is 16.9 Å². The molecular formula is C19H21BN2O7. The molecule has 2 heterocycles. The monoisotopic (exact) mass is 400 g/mol. The third-order valence-electron chi connectivity index (χ3n) is 5.41. The van der Waals surface area contributed by atoms with Crippen LogP contribution in [0.25, 0.3) is 11.1 Å². The van der Waals surface area contributed by atoms with Crippen LogP contribution in [-0.2, 0) is 9.31 Å². The number of anilines is 1. The summed E-state index contributed by atoms with van der Waals surface area (Å²) in [6, 6.07) is 6.42. The van der Waals surface area contributed by atoms with Gasteiger partial charge in [-0.1, -0.05) is 24.3 Å². The van der Waals surface area contributed by atoms with Gasteiger partial charge in [0.25, 0.3) is 5.56 Å². The van der Waals surface area contributed by atoms with Crippen LogP contribution in [0.3, 0.4) is 0 Å². The number of hydrogen-bond acceptors (Lipinski definition) is 6. The molecule has 1 fully saturated rings. The van der Waals surface area contributed by atoms with Crippen LogP contribution in [0.2, 0.25) is 0 Å². The van der Waals surface area contributed by atoms with E-state index in [0.29, 0.717) is 5.46 Å². The Kier molecular flexibility index (Phi) is 4.80. The molecule has 0 saturated carbocycles. The van der Waals surface area contributed by atoms with E-state index in [1.807, 2.05) is 27.7 Å². The van der Waals surface area contributed by atoms with Crippen molar-refractivity contribution >= 4 is 30.3 Å². The number of aromatic amines is 1. The second-order valence-corrected chi connectivity index (χ2v) is 7.78. The number of nitrogens with two attached hydrogens (primary N) is 1.